The number of rotatable bonds is 6. The minimum Gasteiger partial charge on any atom is -0.454 e. The second-order valence-electron chi connectivity index (χ2n) is 6.66. The molecule has 4 aliphatic rings. The van der Waals surface area contributed by atoms with Gasteiger partial charge in [0.05, 0.1) is 5.60 Å². The smallest absolute Gasteiger partial charge is 0.415 e. The first-order valence-electron chi connectivity index (χ1n) is 7.14. The molecule has 2 atom stereocenters. The maximum atomic E-state index is 13.6. The van der Waals surface area contributed by atoms with Crippen molar-refractivity contribution in [2.24, 2.45) is 11.8 Å². The van der Waals surface area contributed by atoms with E-state index in [1.807, 2.05) is 0 Å². The van der Waals surface area contributed by atoms with E-state index in [1.54, 1.807) is 7.11 Å². The Morgan fingerprint density at radius 1 is 1.23 bits per heavy atom. The van der Waals surface area contributed by atoms with Gasteiger partial charge in [0.25, 0.3) is 0 Å². The van der Waals surface area contributed by atoms with E-state index in [4.69, 9.17) is 14.7 Å². The molecule has 0 aromatic rings. The first-order valence-corrected chi connectivity index (χ1v) is 7.89. The van der Waals surface area contributed by atoms with Gasteiger partial charge in [-0.05, 0) is 43.9 Å². The third kappa shape index (κ3) is 2.84. The molecule has 6 nitrogen and oxygen atoms in total. The number of methoxy groups -OCH3 is 1. The molecule has 4 aliphatic carbocycles. The molecule has 0 spiro atoms. The molecule has 0 heterocycles. The Morgan fingerprint density at radius 3 is 2.36 bits per heavy atom. The molecule has 0 aliphatic heterocycles. The number of hydrogen-bond donors (Lipinski definition) is 1. The molecule has 0 saturated heterocycles. The lowest BCUT2D eigenvalue weighted by molar-refractivity contribution is -0.433. The highest BCUT2D eigenvalue weighted by Gasteiger charge is 2.61. The molecule has 4 rings (SSSR count). The van der Waals surface area contributed by atoms with Gasteiger partial charge in [0.2, 0.25) is 0 Å². The molecule has 0 aromatic carbocycles. The summed E-state index contributed by atoms with van der Waals surface area (Å²) in [5.74, 6) is -0.998. The van der Waals surface area contributed by atoms with Gasteiger partial charge in [0.15, 0.2) is 0 Å². The summed E-state index contributed by atoms with van der Waals surface area (Å²) in [7, 11) is 1.62. The maximum absolute atomic E-state index is 13.6. The summed E-state index contributed by atoms with van der Waals surface area (Å²) in [4.78, 5) is 11.8. The SMILES string of the molecule is COC12CC3CC(C1)CC(OC(=O)C(F)(F)SOOO)(C3)C2. The van der Waals surface area contributed by atoms with Crippen LogP contribution in [0.4, 0.5) is 8.78 Å². The van der Waals surface area contributed by atoms with Crippen molar-refractivity contribution in [2.75, 3.05) is 7.11 Å². The Labute approximate surface area is 130 Å². The van der Waals surface area contributed by atoms with Crippen molar-refractivity contribution in [3.05, 3.63) is 0 Å². The van der Waals surface area contributed by atoms with Gasteiger partial charge < -0.3 is 9.47 Å². The van der Waals surface area contributed by atoms with Crippen LogP contribution >= 0.6 is 12.0 Å². The van der Waals surface area contributed by atoms with Crippen molar-refractivity contribution in [1.82, 2.24) is 0 Å². The number of carbonyl (C=O) groups excluding carboxylic acids is 1. The minimum atomic E-state index is -3.95. The van der Waals surface area contributed by atoms with E-state index in [-0.39, 0.29) is 5.60 Å². The largest absolute Gasteiger partial charge is 0.454 e. The van der Waals surface area contributed by atoms with Crippen LogP contribution in [0, 0.1) is 11.8 Å². The summed E-state index contributed by atoms with van der Waals surface area (Å²) in [6, 6.07) is 0. The number of esters is 1. The zero-order chi connectivity index (χ0) is 16.0. The van der Waals surface area contributed by atoms with Gasteiger partial charge >= 0.3 is 11.2 Å². The summed E-state index contributed by atoms with van der Waals surface area (Å²) in [5, 5.41) is 7.09. The lowest BCUT2D eigenvalue weighted by atomic mass is 9.52. The highest BCUT2D eigenvalue weighted by molar-refractivity contribution is 7.96. The van der Waals surface area contributed by atoms with Crippen LogP contribution in [0.25, 0.3) is 0 Å². The molecule has 4 saturated carbocycles. The zero-order valence-corrected chi connectivity index (χ0v) is 12.9. The Morgan fingerprint density at radius 2 is 1.82 bits per heavy atom. The molecule has 22 heavy (non-hydrogen) atoms. The summed E-state index contributed by atoms with van der Waals surface area (Å²) in [5.41, 5.74) is -1.25. The van der Waals surface area contributed by atoms with Gasteiger partial charge in [0.1, 0.15) is 17.6 Å². The van der Waals surface area contributed by atoms with Gasteiger partial charge in [-0.2, -0.15) is 8.78 Å². The van der Waals surface area contributed by atoms with Crippen LogP contribution in [0.15, 0.2) is 0 Å². The summed E-state index contributed by atoms with van der Waals surface area (Å²) in [6.45, 7) is 0. The van der Waals surface area contributed by atoms with Crippen LogP contribution < -0.4 is 0 Å². The molecule has 126 valence electrons. The van der Waals surface area contributed by atoms with Gasteiger partial charge in [-0.1, -0.05) is 5.04 Å². The second-order valence-corrected chi connectivity index (χ2v) is 7.48. The predicted octanol–water partition coefficient (Wildman–Crippen LogP) is 2.93. The van der Waals surface area contributed by atoms with E-state index in [0.29, 0.717) is 31.1 Å². The van der Waals surface area contributed by atoms with E-state index in [1.165, 1.54) is 0 Å². The number of alkyl halides is 2. The molecule has 1 N–H and O–H groups in total. The van der Waals surface area contributed by atoms with Crippen LogP contribution in [0.1, 0.15) is 38.5 Å². The molecular formula is C13H18F2O6S. The van der Waals surface area contributed by atoms with Crippen LogP contribution in [-0.2, 0) is 23.6 Å². The fourth-order valence-corrected chi connectivity index (χ4v) is 5.03. The van der Waals surface area contributed by atoms with Crippen molar-refractivity contribution in [1.29, 1.82) is 0 Å². The monoisotopic (exact) mass is 340 g/mol. The van der Waals surface area contributed by atoms with E-state index in [0.717, 1.165) is 19.3 Å². The first kappa shape index (κ1) is 16.4. The fourth-order valence-electron chi connectivity index (χ4n) is 4.80. The van der Waals surface area contributed by atoms with Crippen molar-refractivity contribution < 1.29 is 37.7 Å². The van der Waals surface area contributed by atoms with Crippen LogP contribution in [-0.4, -0.2) is 34.8 Å². The maximum Gasteiger partial charge on any atom is 0.415 e. The number of hydrogen-bond acceptors (Lipinski definition) is 7. The lowest BCUT2D eigenvalue weighted by Crippen LogP contribution is -2.61. The van der Waals surface area contributed by atoms with Crippen LogP contribution in [0.5, 0.6) is 0 Å². The zero-order valence-electron chi connectivity index (χ0n) is 12.0. The normalized spacial score (nSPS) is 40.0. The minimum absolute atomic E-state index is 0.340. The van der Waals surface area contributed by atoms with Gasteiger partial charge in [-0.3, -0.25) is 0 Å². The van der Waals surface area contributed by atoms with Gasteiger partial charge in [0, 0.05) is 13.5 Å². The quantitative estimate of drug-likeness (QED) is 0.345. The van der Waals surface area contributed by atoms with Crippen LogP contribution in [0.3, 0.4) is 0 Å². The molecule has 4 bridgehead atoms. The Balaban J connectivity index is 1.73. The standard InChI is InChI=1S/C13H18F2O6S/c1-18-11-3-8-2-9(4-11)6-12(5-8,7-11)19-10(16)13(14,15)22-21-20-17/h8-9,17H,2-7H2,1H3. The average Bonchev–Trinajstić information content (AvgIpc) is 2.43. The van der Waals surface area contributed by atoms with Crippen molar-refractivity contribution >= 4 is 18.0 Å². The third-order valence-corrected chi connectivity index (χ3v) is 5.61. The second kappa shape index (κ2) is 5.55. The predicted molar refractivity (Wildman–Crippen MR) is 70.6 cm³/mol. The number of ether oxygens (including phenoxy) is 2. The van der Waals surface area contributed by atoms with E-state index >= 15 is 0 Å². The molecule has 9 heteroatoms. The summed E-state index contributed by atoms with van der Waals surface area (Å²) in [6.07, 6.45) is 4.47. The van der Waals surface area contributed by atoms with E-state index < -0.39 is 28.9 Å². The Bertz CT molecular complexity index is 446. The van der Waals surface area contributed by atoms with Gasteiger partial charge in [-0.15, -0.1) is 4.33 Å². The first-order chi connectivity index (χ1) is 10.3. The highest BCUT2D eigenvalue weighted by atomic mass is 32.2. The van der Waals surface area contributed by atoms with Crippen molar-refractivity contribution in [2.45, 2.75) is 55.0 Å². The number of halogens is 2. The van der Waals surface area contributed by atoms with Crippen molar-refractivity contribution in [3.63, 3.8) is 0 Å². The van der Waals surface area contributed by atoms with Crippen LogP contribution in [0.2, 0.25) is 0 Å². The molecular weight excluding hydrogens is 322 g/mol. The Kier molecular flexibility index (Phi) is 4.14. The van der Waals surface area contributed by atoms with Gasteiger partial charge in [-0.25, -0.2) is 10.1 Å². The topological polar surface area (TPSA) is 74.2 Å². The molecule has 4 fully saturated rings. The highest BCUT2D eigenvalue weighted by Crippen LogP contribution is 2.60. The molecule has 0 radical (unpaired) electrons. The van der Waals surface area contributed by atoms with E-state index in [2.05, 4.69) is 9.37 Å². The lowest BCUT2D eigenvalue weighted by Gasteiger charge is -2.60. The molecule has 0 aromatic heterocycles. The van der Waals surface area contributed by atoms with E-state index in [9.17, 15) is 13.6 Å². The third-order valence-electron chi connectivity index (χ3n) is 5.10. The average molecular weight is 340 g/mol. The van der Waals surface area contributed by atoms with Crippen molar-refractivity contribution in [3.8, 4) is 0 Å². The number of carbonyl (C=O) groups is 1. The fraction of sp³-hybridized carbons (Fsp3) is 0.923. The summed E-state index contributed by atoms with van der Waals surface area (Å²) < 4.78 is 41.8. The molecule has 2 unspecified atom stereocenters. The Hall–Kier alpha value is -0.480. The molecule has 0 amide bonds. The summed E-state index contributed by atoms with van der Waals surface area (Å²) >= 11 is -0.591.